The minimum absolute atomic E-state index is 0.0419. The highest BCUT2D eigenvalue weighted by molar-refractivity contribution is 5.79. The first-order valence-corrected chi connectivity index (χ1v) is 7.62. The summed E-state index contributed by atoms with van der Waals surface area (Å²) in [6.45, 7) is 4.06. The van der Waals surface area contributed by atoms with Crippen molar-refractivity contribution >= 4 is 5.91 Å². The van der Waals surface area contributed by atoms with Gasteiger partial charge in [-0.15, -0.1) is 0 Å². The number of rotatable bonds is 6. The molecule has 0 bridgehead atoms. The molecule has 3 heteroatoms. The van der Waals surface area contributed by atoms with Crippen LogP contribution in [-0.4, -0.2) is 13.0 Å². The van der Waals surface area contributed by atoms with E-state index in [9.17, 15) is 4.79 Å². The van der Waals surface area contributed by atoms with Crippen LogP contribution in [-0.2, 0) is 11.2 Å². The molecular formula is C19H23NO2. The molecule has 0 heterocycles. The third-order valence-corrected chi connectivity index (χ3v) is 3.77. The number of carbonyl (C=O) groups is 1. The number of carbonyl (C=O) groups excluding carboxylic acids is 1. The van der Waals surface area contributed by atoms with Gasteiger partial charge in [0.15, 0.2) is 0 Å². The van der Waals surface area contributed by atoms with Crippen LogP contribution < -0.4 is 10.1 Å². The molecule has 22 heavy (non-hydrogen) atoms. The van der Waals surface area contributed by atoms with Crippen molar-refractivity contribution in [1.82, 2.24) is 5.32 Å². The molecular weight excluding hydrogens is 274 g/mol. The molecule has 0 saturated heterocycles. The first kappa shape index (κ1) is 16.1. The van der Waals surface area contributed by atoms with E-state index in [4.69, 9.17) is 4.74 Å². The van der Waals surface area contributed by atoms with Gasteiger partial charge >= 0.3 is 0 Å². The molecule has 0 fully saturated rings. The van der Waals surface area contributed by atoms with Gasteiger partial charge in [-0.1, -0.05) is 49.4 Å². The van der Waals surface area contributed by atoms with Crippen molar-refractivity contribution in [2.75, 3.05) is 7.11 Å². The molecule has 1 N–H and O–H groups in total. The van der Waals surface area contributed by atoms with Crippen LogP contribution in [0.2, 0.25) is 0 Å². The Bertz CT molecular complexity index is 623. The zero-order valence-corrected chi connectivity index (χ0v) is 13.4. The highest BCUT2D eigenvalue weighted by atomic mass is 16.5. The molecule has 0 radical (unpaired) electrons. The summed E-state index contributed by atoms with van der Waals surface area (Å²) < 4.78 is 5.24. The maximum Gasteiger partial charge on any atom is 0.224 e. The number of methoxy groups -OCH3 is 1. The topological polar surface area (TPSA) is 38.3 Å². The second-order valence-corrected chi connectivity index (χ2v) is 5.42. The fraction of sp³-hybridized carbons (Fsp3) is 0.316. The van der Waals surface area contributed by atoms with E-state index in [-0.39, 0.29) is 11.9 Å². The third kappa shape index (κ3) is 4.10. The summed E-state index contributed by atoms with van der Waals surface area (Å²) in [5, 5.41) is 3.11. The van der Waals surface area contributed by atoms with E-state index in [0.717, 1.165) is 28.9 Å². The molecule has 0 aliphatic heterocycles. The SMILES string of the molecule is CCC(NC(=O)Cc1ccc(OC)c(C)c1)c1ccccc1. The quantitative estimate of drug-likeness (QED) is 0.880. The van der Waals surface area contributed by atoms with Gasteiger partial charge in [-0.05, 0) is 36.1 Å². The van der Waals surface area contributed by atoms with Crippen LogP contribution >= 0.6 is 0 Å². The summed E-state index contributed by atoms with van der Waals surface area (Å²) in [6.07, 6.45) is 1.26. The number of nitrogens with one attached hydrogen (secondary N) is 1. The smallest absolute Gasteiger partial charge is 0.224 e. The zero-order chi connectivity index (χ0) is 15.9. The van der Waals surface area contributed by atoms with Crippen LogP contribution in [0.15, 0.2) is 48.5 Å². The van der Waals surface area contributed by atoms with Crippen molar-refractivity contribution in [2.24, 2.45) is 0 Å². The second-order valence-electron chi connectivity index (χ2n) is 5.42. The van der Waals surface area contributed by atoms with E-state index < -0.39 is 0 Å². The van der Waals surface area contributed by atoms with Gasteiger partial charge in [0.05, 0.1) is 19.6 Å². The molecule has 3 nitrogen and oxygen atoms in total. The average molecular weight is 297 g/mol. The molecule has 1 atom stereocenters. The largest absolute Gasteiger partial charge is 0.496 e. The van der Waals surface area contributed by atoms with Gasteiger partial charge in [-0.3, -0.25) is 4.79 Å². The summed E-state index contributed by atoms with van der Waals surface area (Å²) in [4.78, 5) is 12.3. The van der Waals surface area contributed by atoms with E-state index in [1.165, 1.54) is 0 Å². The number of benzene rings is 2. The fourth-order valence-corrected chi connectivity index (χ4v) is 2.59. The van der Waals surface area contributed by atoms with E-state index in [1.54, 1.807) is 7.11 Å². The number of aryl methyl sites for hydroxylation is 1. The highest BCUT2D eigenvalue weighted by Gasteiger charge is 2.13. The van der Waals surface area contributed by atoms with Crippen LogP contribution in [0.25, 0.3) is 0 Å². The lowest BCUT2D eigenvalue weighted by molar-refractivity contribution is -0.121. The molecule has 2 rings (SSSR count). The molecule has 0 saturated carbocycles. The Morgan fingerprint density at radius 2 is 1.91 bits per heavy atom. The maximum atomic E-state index is 12.3. The van der Waals surface area contributed by atoms with Crippen molar-refractivity contribution in [1.29, 1.82) is 0 Å². The summed E-state index contributed by atoms with van der Waals surface area (Å²) in [5.41, 5.74) is 3.19. The minimum Gasteiger partial charge on any atom is -0.496 e. The summed E-state index contributed by atoms with van der Waals surface area (Å²) in [7, 11) is 1.65. The Morgan fingerprint density at radius 3 is 2.50 bits per heavy atom. The molecule has 2 aromatic rings. The Morgan fingerprint density at radius 1 is 1.18 bits per heavy atom. The molecule has 1 unspecified atom stereocenters. The lowest BCUT2D eigenvalue weighted by Crippen LogP contribution is -2.29. The molecule has 2 aromatic carbocycles. The van der Waals surface area contributed by atoms with Crippen LogP contribution in [0.5, 0.6) is 5.75 Å². The Kier molecular flexibility index (Phi) is 5.59. The Hall–Kier alpha value is -2.29. The lowest BCUT2D eigenvalue weighted by Gasteiger charge is -2.17. The Balaban J connectivity index is 2.01. The predicted molar refractivity (Wildman–Crippen MR) is 89.1 cm³/mol. The van der Waals surface area contributed by atoms with E-state index in [1.807, 2.05) is 55.5 Å². The molecule has 0 spiro atoms. The summed E-state index contributed by atoms with van der Waals surface area (Å²) >= 11 is 0. The first-order valence-electron chi connectivity index (χ1n) is 7.62. The van der Waals surface area contributed by atoms with Gasteiger partial charge in [0.25, 0.3) is 0 Å². The number of hydrogen-bond donors (Lipinski definition) is 1. The van der Waals surface area contributed by atoms with Gasteiger partial charge in [0, 0.05) is 0 Å². The molecule has 1 amide bonds. The van der Waals surface area contributed by atoms with Gasteiger partial charge in [-0.2, -0.15) is 0 Å². The van der Waals surface area contributed by atoms with E-state index in [2.05, 4.69) is 12.2 Å². The monoisotopic (exact) mass is 297 g/mol. The van der Waals surface area contributed by atoms with Crippen LogP contribution in [0.1, 0.15) is 36.1 Å². The summed E-state index contributed by atoms with van der Waals surface area (Å²) in [5.74, 6) is 0.889. The van der Waals surface area contributed by atoms with Gasteiger partial charge in [-0.25, -0.2) is 0 Å². The van der Waals surface area contributed by atoms with Crippen molar-refractivity contribution in [3.63, 3.8) is 0 Å². The van der Waals surface area contributed by atoms with Crippen molar-refractivity contribution in [2.45, 2.75) is 32.7 Å². The number of hydrogen-bond acceptors (Lipinski definition) is 2. The fourth-order valence-electron chi connectivity index (χ4n) is 2.59. The standard InChI is InChI=1S/C19H23NO2/c1-4-17(16-8-6-5-7-9-16)20-19(21)13-15-10-11-18(22-3)14(2)12-15/h5-12,17H,4,13H2,1-3H3,(H,20,21). The van der Waals surface area contributed by atoms with Crippen molar-refractivity contribution in [3.8, 4) is 5.75 Å². The second kappa shape index (κ2) is 7.64. The zero-order valence-electron chi connectivity index (χ0n) is 13.4. The first-order chi connectivity index (χ1) is 10.6. The van der Waals surface area contributed by atoms with E-state index >= 15 is 0 Å². The number of amides is 1. The lowest BCUT2D eigenvalue weighted by atomic mass is 10.0. The normalized spacial score (nSPS) is 11.8. The molecule has 0 aliphatic carbocycles. The van der Waals surface area contributed by atoms with Crippen LogP contribution in [0.4, 0.5) is 0 Å². The Labute approximate surface area is 132 Å². The van der Waals surface area contributed by atoms with E-state index in [0.29, 0.717) is 6.42 Å². The minimum atomic E-state index is 0.0419. The number of ether oxygens (including phenoxy) is 1. The van der Waals surface area contributed by atoms with Crippen molar-refractivity contribution in [3.05, 3.63) is 65.2 Å². The maximum absolute atomic E-state index is 12.3. The predicted octanol–water partition coefficient (Wildman–Crippen LogP) is 3.81. The van der Waals surface area contributed by atoms with Gasteiger partial charge in [0.2, 0.25) is 5.91 Å². The van der Waals surface area contributed by atoms with Crippen LogP contribution in [0, 0.1) is 6.92 Å². The van der Waals surface area contributed by atoms with Crippen LogP contribution in [0.3, 0.4) is 0 Å². The molecule has 116 valence electrons. The van der Waals surface area contributed by atoms with Gasteiger partial charge < -0.3 is 10.1 Å². The van der Waals surface area contributed by atoms with Gasteiger partial charge in [0.1, 0.15) is 5.75 Å². The highest BCUT2D eigenvalue weighted by Crippen LogP contribution is 2.20. The average Bonchev–Trinajstić information content (AvgIpc) is 2.53. The summed E-state index contributed by atoms with van der Waals surface area (Å²) in [6, 6.07) is 16.0. The molecule has 0 aliphatic rings. The van der Waals surface area contributed by atoms with Crippen molar-refractivity contribution < 1.29 is 9.53 Å². The molecule has 0 aromatic heterocycles. The third-order valence-electron chi connectivity index (χ3n) is 3.77.